The lowest BCUT2D eigenvalue weighted by Crippen LogP contribution is -2.13. The number of ether oxygens (including phenoxy) is 2. The number of amidine groups is 1. The molecule has 0 spiro atoms. The van der Waals surface area contributed by atoms with Crippen molar-refractivity contribution >= 4 is 5.84 Å². The van der Waals surface area contributed by atoms with E-state index in [1.807, 2.05) is 18.2 Å². The molecule has 1 aromatic rings. The Hall–Kier alpha value is -1.55. The van der Waals surface area contributed by atoms with E-state index < -0.39 is 0 Å². The molecule has 0 aliphatic rings. The van der Waals surface area contributed by atoms with Crippen LogP contribution in [0.5, 0.6) is 5.75 Å². The maximum Gasteiger partial charge on any atom is 0.130 e. The highest BCUT2D eigenvalue weighted by molar-refractivity contribution is 5.97. The molecule has 0 saturated carbocycles. The Kier molecular flexibility index (Phi) is 4.63. The Morgan fingerprint density at radius 1 is 1.33 bits per heavy atom. The summed E-state index contributed by atoms with van der Waals surface area (Å²) in [4.78, 5) is 0. The molecule has 1 rings (SSSR count). The van der Waals surface area contributed by atoms with Crippen LogP contribution in [0.15, 0.2) is 24.3 Å². The number of nitrogen functional groups attached to an aromatic ring is 1. The van der Waals surface area contributed by atoms with Crippen molar-refractivity contribution in [3.05, 3.63) is 29.8 Å². The highest BCUT2D eigenvalue weighted by atomic mass is 16.5. The number of benzene rings is 1. The standard InChI is InChI=1S/C11H16N2O2/c1-14-7-4-8-15-10-6-3-2-5-9(10)11(12)13/h2-3,5-6H,4,7-8H2,1H3,(H3,12,13). The summed E-state index contributed by atoms with van der Waals surface area (Å²) in [5.41, 5.74) is 6.06. The molecule has 0 aliphatic carbocycles. The van der Waals surface area contributed by atoms with Crippen molar-refractivity contribution < 1.29 is 9.47 Å². The van der Waals surface area contributed by atoms with E-state index in [2.05, 4.69) is 0 Å². The van der Waals surface area contributed by atoms with Crippen molar-refractivity contribution in [2.45, 2.75) is 6.42 Å². The molecule has 0 unspecified atom stereocenters. The zero-order valence-corrected chi connectivity index (χ0v) is 8.82. The lowest BCUT2D eigenvalue weighted by Gasteiger charge is -2.09. The van der Waals surface area contributed by atoms with Crippen LogP contribution in [0, 0.1) is 5.41 Å². The summed E-state index contributed by atoms with van der Waals surface area (Å²) in [6, 6.07) is 7.27. The monoisotopic (exact) mass is 208 g/mol. The van der Waals surface area contributed by atoms with Crippen LogP contribution in [0.25, 0.3) is 0 Å². The van der Waals surface area contributed by atoms with E-state index in [0.29, 0.717) is 24.5 Å². The van der Waals surface area contributed by atoms with Crippen LogP contribution < -0.4 is 10.5 Å². The topological polar surface area (TPSA) is 68.3 Å². The molecule has 0 heterocycles. The smallest absolute Gasteiger partial charge is 0.130 e. The average Bonchev–Trinajstić information content (AvgIpc) is 2.25. The van der Waals surface area contributed by atoms with Gasteiger partial charge in [0.2, 0.25) is 0 Å². The Bertz CT molecular complexity index is 326. The molecule has 1 aromatic carbocycles. The third-order valence-electron chi connectivity index (χ3n) is 1.93. The molecule has 0 fully saturated rings. The van der Waals surface area contributed by atoms with Gasteiger partial charge in [0, 0.05) is 20.1 Å². The molecule has 0 bridgehead atoms. The fourth-order valence-corrected chi connectivity index (χ4v) is 1.20. The third kappa shape index (κ3) is 3.59. The Labute approximate surface area is 89.5 Å². The summed E-state index contributed by atoms with van der Waals surface area (Å²) in [6.07, 6.45) is 0.822. The van der Waals surface area contributed by atoms with Crippen molar-refractivity contribution in [1.29, 1.82) is 5.41 Å². The van der Waals surface area contributed by atoms with E-state index in [9.17, 15) is 0 Å². The molecular formula is C11H16N2O2. The van der Waals surface area contributed by atoms with Gasteiger partial charge in [0.15, 0.2) is 0 Å². The highest BCUT2D eigenvalue weighted by Crippen LogP contribution is 2.17. The van der Waals surface area contributed by atoms with Crippen molar-refractivity contribution in [1.82, 2.24) is 0 Å². The van der Waals surface area contributed by atoms with E-state index >= 15 is 0 Å². The lowest BCUT2D eigenvalue weighted by molar-refractivity contribution is 0.172. The van der Waals surface area contributed by atoms with E-state index in [4.69, 9.17) is 20.6 Å². The summed E-state index contributed by atoms with van der Waals surface area (Å²) >= 11 is 0. The molecule has 0 amide bonds. The summed E-state index contributed by atoms with van der Waals surface area (Å²) in [5.74, 6) is 0.679. The van der Waals surface area contributed by atoms with E-state index in [1.165, 1.54) is 0 Å². The maximum absolute atomic E-state index is 7.37. The van der Waals surface area contributed by atoms with E-state index in [-0.39, 0.29) is 5.84 Å². The number of nitrogens with two attached hydrogens (primary N) is 1. The normalized spacial score (nSPS) is 9.93. The zero-order chi connectivity index (χ0) is 11.1. The molecule has 0 saturated heterocycles. The van der Waals surface area contributed by atoms with Crippen LogP contribution in [0.3, 0.4) is 0 Å². The Balaban J connectivity index is 2.56. The predicted molar refractivity (Wildman–Crippen MR) is 59.4 cm³/mol. The number of hydrogen-bond acceptors (Lipinski definition) is 3. The molecule has 0 atom stereocenters. The molecular weight excluding hydrogens is 192 g/mol. The van der Waals surface area contributed by atoms with Crippen LogP contribution in [-0.2, 0) is 4.74 Å². The van der Waals surface area contributed by atoms with Gasteiger partial charge in [0.05, 0.1) is 12.2 Å². The van der Waals surface area contributed by atoms with Gasteiger partial charge in [-0.15, -0.1) is 0 Å². The van der Waals surface area contributed by atoms with Gasteiger partial charge in [-0.05, 0) is 12.1 Å². The van der Waals surface area contributed by atoms with Crippen molar-refractivity contribution in [2.24, 2.45) is 5.73 Å². The van der Waals surface area contributed by atoms with Crippen LogP contribution in [0.4, 0.5) is 0 Å². The quantitative estimate of drug-likeness (QED) is 0.421. The first-order valence-corrected chi connectivity index (χ1v) is 4.81. The molecule has 4 nitrogen and oxygen atoms in total. The summed E-state index contributed by atoms with van der Waals surface area (Å²) in [5, 5.41) is 7.37. The second-order valence-corrected chi connectivity index (χ2v) is 3.10. The zero-order valence-electron chi connectivity index (χ0n) is 8.82. The summed E-state index contributed by atoms with van der Waals surface area (Å²) < 4.78 is 10.4. The second kappa shape index (κ2) is 6.03. The van der Waals surface area contributed by atoms with Gasteiger partial charge in [-0.25, -0.2) is 0 Å². The summed E-state index contributed by atoms with van der Waals surface area (Å²) in [6.45, 7) is 1.24. The van der Waals surface area contributed by atoms with E-state index in [1.54, 1.807) is 13.2 Å². The first kappa shape index (κ1) is 11.5. The van der Waals surface area contributed by atoms with Gasteiger partial charge in [0.1, 0.15) is 11.6 Å². The first-order chi connectivity index (χ1) is 7.25. The molecule has 4 heteroatoms. The van der Waals surface area contributed by atoms with Crippen LogP contribution in [0.2, 0.25) is 0 Å². The van der Waals surface area contributed by atoms with Crippen molar-refractivity contribution in [2.75, 3.05) is 20.3 Å². The number of rotatable bonds is 6. The second-order valence-electron chi connectivity index (χ2n) is 3.10. The van der Waals surface area contributed by atoms with Gasteiger partial charge in [-0.1, -0.05) is 12.1 Å². The van der Waals surface area contributed by atoms with Crippen molar-refractivity contribution in [3.8, 4) is 5.75 Å². The van der Waals surface area contributed by atoms with Gasteiger partial charge >= 0.3 is 0 Å². The van der Waals surface area contributed by atoms with Crippen molar-refractivity contribution in [3.63, 3.8) is 0 Å². The third-order valence-corrected chi connectivity index (χ3v) is 1.93. The van der Waals surface area contributed by atoms with Gasteiger partial charge in [0.25, 0.3) is 0 Å². The maximum atomic E-state index is 7.37. The Morgan fingerprint density at radius 3 is 2.73 bits per heavy atom. The molecule has 15 heavy (non-hydrogen) atoms. The number of hydrogen-bond donors (Lipinski definition) is 2. The first-order valence-electron chi connectivity index (χ1n) is 4.81. The average molecular weight is 208 g/mol. The minimum Gasteiger partial charge on any atom is -0.493 e. The SMILES string of the molecule is COCCCOc1ccccc1C(=N)N. The highest BCUT2D eigenvalue weighted by Gasteiger charge is 2.04. The minimum absolute atomic E-state index is 0.0253. The van der Waals surface area contributed by atoms with Gasteiger partial charge < -0.3 is 15.2 Å². The largest absolute Gasteiger partial charge is 0.493 e. The number of nitrogens with one attached hydrogen (secondary N) is 1. The van der Waals surface area contributed by atoms with Crippen LogP contribution in [-0.4, -0.2) is 26.2 Å². The molecule has 3 N–H and O–H groups in total. The van der Waals surface area contributed by atoms with E-state index in [0.717, 1.165) is 6.42 Å². The summed E-state index contributed by atoms with van der Waals surface area (Å²) in [7, 11) is 1.66. The Morgan fingerprint density at radius 2 is 2.07 bits per heavy atom. The molecule has 0 aromatic heterocycles. The predicted octanol–water partition coefficient (Wildman–Crippen LogP) is 1.39. The molecule has 0 radical (unpaired) electrons. The van der Waals surface area contributed by atoms with Crippen LogP contribution in [0.1, 0.15) is 12.0 Å². The number of para-hydroxylation sites is 1. The fraction of sp³-hybridized carbons (Fsp3) is 0.364. The number of methoxy groups -OCH3 is 1. The molecule has 0 aliphatic heterocycles. The van der Waals surface area contributed by atoms with Gasteiger partial charge in [-0.3, -0.25) is 5.41 Å². The lowest BCUT2D eigenvalue weighted by atomic mass is 10.2. The van der Waals surface area contributed by atoms with Gasteiger partial charge in [-0.2, -0.15) is 0 Å². The fourth-order valence-electron chi connectivity index (χ4n) is 1.20. The molecule has 82 valence electrons. The van der Waals surface area contributed by atoms with Crippen LogP contribution >= 0.6 is 0 Å². The minimum atomic E-state index is 0.0253.